The third kappa shape index (κ3) is 8.38. The maximum absolute atomic E-state index is 14.3. The first-order valence-corrected chi connectivity index (χ1v) is 16.7. The Hall–Kier alpha value is -3.85. The Labute approximate surface area is 256 Å². The minimum Gasteiger partial charge on any atom is -0.492 e. The summed E-state index contributed by atoms with van der Waals surface area (Å²) in [6.07, 6.45) is 6.10. The molecule has 0 aromatic heterocycles. The van der Waals surface area contributed by atoms with Crippen LogP contribution < -0.4 is 14.4 Å². The van der Waals surface area contributed by atoms with Crippen LogP contribution in [0.1, 0.15) is 57.9 Å². The van der Waals surface area contributed by atoms with Gasteiger partial charge in [-0.3, -0.25) is 13.9 Å². The molecule has 3 aromatic carbocycles. The summed E-state index contributed by atoms with van der Waals surface area (Å²) in [7, 11) is -4.16. The quantitative estimate of drug-likeness (QED) is 0.259. The number of rotatable bonds is 14. The SMILES string of the molecule is CCOc1ccccc1N(CC(=O)N(CCc1ccccc1)[C@@H](CC)C(=O)NC1CCCCC1)S(=O)(=O)c1ccccc1. The number of carbonyl (C=O) groups excluding carboxylic acids is 2. The number of para-hydroxylation sites is 2. The van der Waals surface area contributed by atoms with Crippen molar-refractivity contribution in [3.8, 4) is 5.75 Å². The van der Waals surface area contributed by atoms with E-state index in [9.17, 15) is 18.0 Å². The van der Waals surface area contributed by atoms with E-state index < -0.39 is 28.5 Å². The number of ether oxygens (including phenoxy) is 1. The van der Waals surface area contributed by atoms with E-state index in [4.69, 9.17) is 4.74 Å². The summed E-state index contributed by atoms with van der Waals surface area (Å²) in [5.74, 6) is -0.286. The minimum absolute atomic E-state index is 0.0621. The van der Waals surface area contributed by atoms with Crippen LogP contribution in [0.2, 0.25) is 0 Å². The number of nitrogens with zero attached hydrogens (tertiary/aromatic N) is 2. The second-order valence-electron chi connectivity index (χ2n) is 10.8. The standard InChI is InChI=1S/C34H43N3O5S/c1-3-30(34(39)35-28-18-10-6-11-19-28)36(25-24-27-16-8-5-9-17-27)33(38)26-37(31-22-14-15-23-32(31)42-4-2)43(40,41)29-20-12-7-13-21-29/h5,7-9,12-17,20-23,28,30H,3-4,6,10-11,18-19,24-26H2,1-2H3,(H,35,39)/t30-/m0/s1. The predicted molar refractivity (Wildman–Crippen MR) is 170 cm³/mol. The van der Waals surface area contributed by atoms with Gasteiger partial charge in [-0.1, -0.05) is 86.8 Å². The highest BCUT2D eigenvalue weighted by Crippen LogP contribution is 2.33. The van der Waals surface area contributed by atoms with Crippen LogP contribution in [0.15, 0.2) is 89.8 Å². The molecular weight excluding hydrogens is 562 g/mol. The summed E-state index contributed by atoms with van der Waals surface area (Å²) < 4.78 is 35.1. The molecule has 43 heavy (non-hydrogen) atoms. The highest BCUT2D eigenvalue weighted by atomic mass is 32.2. The Kier molecular flexibility index (Phi) is 11.6. The molecule has 1 atom stereocenters. The lowest BCUT2D eigenvalue weighted by molar-refractivity contribution is -0.140. The summed E-state index contributed by atoms with van der Waals surface area (Å²) in [5.41, 5.74) is 1.29. The number of carbonyl (C=O) groups is 2. The average molecular weight is 606 g/mol. The molecule has 0 bridgehead atoms. The van der Waals surface area contributed by atoms with Crippen molar-refractivity contribution in [1.82, 2.24) is 10.2 Å². The van der Waals surface area contributed by atoms with Gasteiger partial charge in [-0.2, -0.15) is 0 Å². The van der Waals surface area contributed by atoms with Crippen molar-refractivity contribution in [1.29, 1.82) is 0 Å². The van der Waals surface area contributed by atoms with Crippen LogP contribution in [0.25, 0.3) is 0 Å². The van der Waals surface area contributed by atoms with Crippen LogP contribution in [0.5, 0.6) is 5.75 Å². The van der Waals surface area contributed by atoms with Gasteiger partial charge in [0, 0.05) is 12.6 Å². The molecule has 0 saturated heterocycles. The van der Waals surface area contributed by atoms with Gasteiger partial charge in [-0.05, 0) is 62.4 Å². The smallest absolute Gasteiger partial charge is 0.264 e. The van der Waals surface area contributed by atoms with Crippen LogP contribution >= 0.6 is 0 Å². The lowest BCUT2D eigenvalue weighted by Crippen LogP contribution is -2.54. The Bertz CT molecular complexity index is 1430. The Morgan fingerprint density at radius 2 is 1.51 bits per heavy atom. The summed E-state index contributed by atoms with van der Waals surface area (Å²) in [5, 5.41) is 3.19. The first-order chi connectivity index (χ1) is 20.8. The van der Waals surface area contributed by atoms with Gasteiger partial charge < -0.3 is 15.0 Å². The van der Waals surface area contributed by atoms with E-state index >= 15 is 0 Å². The zero-order valence-electron chi connectivity index (χ0n) is 25.2. The van der Waals surface area contributed by atoms with Gasteiger partial charge in [0.15, 0.2) is 0 Å². The average Bonchev–Trinajstić information content (AvgIpc) is 3.03. The third-order valence-electron chi connectivity index (χ3n) is 7.87. The van der Waals surface area contributed by atoms with Gasteiger partial charge in [0.05, 0.1) is 17.2 Å². The largest absolute Gasteiger partial charge is 0.492 e. The lowest BCUT2D eigenvalue weighted by atomic mass is 9.95. The summed E-state index contributed by atoms with van der Waals surface area (Å²) >= 11 is 0. The van der Waals surface area contributed by atoms with Crippen molar-refractivity contribution in [3.63, 3.8) is 0 Å². The fraction of sp³-hybridized carbons (Fsp3) is 0.412. The Balaban J connectivity index is 1.69. The molecule has 2 amide bonds. The molecule has 0 unspecified atom stereocenters. The zero-order chi connectivity index (χ0) is 30.7. The lowest BCUT2D eigenvalue weighted by Gasteiger charge is -2.34. The number of hydrogen-bond donors (Lipinski definition) is 1. The van der Waals surface area contributed by atoms with Gasteiger partial charge in [0.1, 0.15) is 18.3 Å². The van der Waals surface area contributed by atoms with Crippen LogP contribution in [0, 0.1) is 0 Å². The molecule has 1 saturated carbocycles. The van der Waals surface area contributed by atoms with Crippen LogP contribution in [0.4, 0.5) is 5.69 Å². The van der Waals surface area contributed by atoms with Crippen LogP contribution in [-0.4, -0.2) is 56.9 Å². The van der Waals surface area contributed by atoms with Crippen molar-refractivity contribution in [3.05, 3.63) is 90.5 Å². The van der Waals surface area contributed by atoms with E-state index in [0.29, 0.717) is 25.2 Å². The third-order valence-corrected chi connectivity index (χ3v) is 9.64. The Morgan fingerprint density at radius 3 is 2.16 bits per heavy atom. The monoisotopic (exact) mass is 605 g/mol. The second kappa shape index (κ2) is 15.6. The fourth-order valence-corrected chi connectivity index (χ4v) is 7.06. The number of nitrogens with one attached hydrogen (secondary N) is 1. The van der Waals surface area contributed by atoms with Gasteiger partial charge >= 0.3 is 0 Å². The summed E-state index contributed by atoms with van der Waals surface area (Å²) in [4.78, 5) is 29.6. The van der Waals surface area contributed by atoms with E-state index in [1.165, 1.54) is 18.6 Å². The minimum atomic E-state index is -4.16. The van der Waals surface area contributed by atoms with E-state index in [0.717, 1.165) is 35.6 Å². The topological polar surface area (TPSA) is 96.0 Å². The molecule has 1 aliphatic rings. The number of sulfonamides is 1. The summed E-state index contributed by atoms with van der Waals surface area (Å²) in [6.45, 7) is 3.82. The summed E-state index contributed by atoms with van der Waals surface area (Å²) in [6, 6.07) is 24.0. The van der Waals surface area contributed by atoms with E-state index in [2.05, 4.69) is 5.32 Å². The van der Waals surface area contributed by atoms with Crippen molar-refractivity contribution in [2.75, 3.05) is 24.0 Å². The number of hydrogen-bond acceptors (Lipinski definition) is 5. The van der Waals surface area contributed by atoms with E-state index in [1.807, 2.05) is 44.2 Å². The number of amides is 2. The van der Waals surface area contributed by atoms with E-state index in [1.54, 1.807) is 47.4 Å². The first-order valence-electron chi connectivity index (χ1n) is 15.3. The maximum Gasteiger partial charge on any atom is 0.264 e. The molecule has 8 nitrogen and oxygen atoms in total. The van der Waals surface area contributed by atoms with Crippen molar-refractivity contribution in [2.45, 2.75) is 75.8 Å². The molecule has 230 valence electrons. The molecule has 9 heteroatoms. The van der Waals surface area contributed by atoms with Crippen LogP contribution in [0.3, 0.4) is 0 Å². The van der Waals surface area contributed by atoms with Gasteiger partial charge in [0.25, 0.3) is 10.0 Å². The normalized spacial score (nSPS) is 14.5. The van der Waals surface area contributed by atoms with Crippen molar-refractivity contribution >= 4 is 27.5 Å². The molecule has 4 rings (SSSR count). The van der Waals surface area contributed by atoms with Crippen molar-refractivity contribution < 1.29 is 22.7 Å². The molecule has 0 radical (unpaired) electrons. The van der Waals surface area contributed by atoms with Gasteiger partial charge in [-0.15, -0.1) is 0 Å². The molecular formula is C34H43N3O5S. The molecule has 0 aliphatic heterocycles. The molecule has 1 fully saturated rings. The van der Waals surface area contributed by atoms with Crippen LogP contribution in [-0.2, 0) is 26.0 Å². The van der Waals surface area contributed by atoms with Gasteiger partial charge in [-0.25, -0.2) is 8.42 Å². The highest BCUT2D eigenvalue weighted by Gasteiger charge is 2.35. The number of anilines is 1. The molecule has 1 aliphatic carbocycles. The zero-order valence-corrected chi connectivity index (χ0v) is 26.0. The maximum atomic E-state index is 14.3. The van der Waals surface area contributed by atoms with Crippen molar-refractivity contribution in [2.24, 2.45) is 0 Å². The predicted octanol–water partition coefficient (Wildman–Crippen LogP) is 5.58. The van der Waals surface area contributed by atoms with Gasteiger partial charge in [0.2, 0.25) is 11.8 Å². The highest BCUT2D eigenvalue weighted by molar-refractivity contribution is 7.92. The molecule has 0 heterocycles. The first kappa shape index (κ1) is 32.1. The Morgan fingerprint density at radius 1 is 0.884 bits per heavy atom. The molecule has 0 spiro atoms. The number of benzene rings is 3. The fourth-order valence-electron chi connectivity index (χ4n) is 5.61. The molecule has 3 aromatic rings. The molecule has 1 N–H and O–H groups in total. The van der Waals surface area contributed by atoms with E-state index in [-0.39, 0.29) is 29.1 Å². The second-order valence-corrected chi connectivity index (χ2v) is 12.7.